The van der Waals surface area contributed by atoms with Gasteiger partial charge in [0.05, 0.1) is 36.7 Å². The number of carbonyl (C=O) groups is 1. The number of methoxy groups -OCH3 is 1. The molecule has 0 fully saturated rings. The third-order valence-corrected chi connectivity index (χ3v) is 4.79. The number of likely N-dealkylation sites (N-methyl/N-ethyl adjacent to an activating group) is 1. The number of ether oxygens (including phenoxy) is 2. The van der Waals surface area contributed by atoms with Crippen molar-refractivity contribution in [3.8, 4) is 17.4 Å². The summed E-state index contributed by atoms with van der Waals surface area (Å²) in [6.45, 7) is 4.91. The van der Waals surface area contributed by atoms with Gasteiger partial charge in [0.15, 0.2) is 0 Å². The summed E-state index contributed by atoms with van der Waals surface area (Å²) in [5.41, 5.74) is 0.564. The third kappa shape index (κ3) is 5.16. The first-order valence-electron chi connectivity index (χ1n) is 9.93. The van der Waals surface area contributed by atoms with Crippen LogP contribution in [0.2, 0.25) is 0 Å². The molecule has 9 nitrogen and oxygen atoms in total. The quantitative estimate of drug-likeness (QED) is 0.498. The van der Waals surface area contributed by atoms with Gasteiger partial charge in [0.25, 0.3) is 11.8 Å². The zero-order valence-electron chi connectivity index (χ0n) is 18.2. The van der Waals surface area contributed by atoms with E-state index >= 15 is 0 Å². The van der Waals surface area contributed by atoms with E-state index < -0.39 is 5.92 Å². The first-order valence-corrected chi connectivity index (χ1v) is 9.93. The van der Waals surface area contributed by atoms with Crippen molar-refractivity contribution in [1.29, 1.82) is 0 Å². The van der Waals surface area contributed by atoms with E-state index in [2.05, 4.69) is 20.2 Å². The van der Waals surface area contributed by atoms with Gasteiger partial charge in [-0.1, -0.05) is 0 Å². The number of rotatable bonds is 9. The Morgan fingerprint density at radius 2 is 1.88 bits per heavy atom. The lowest BCUT2D eigenvalue weighted by molar-refractivity contribution is 0.0165. The van der Waals surface area contributed by atoms with Gasteiger partial charge < -0.3 is 14.4 Å². The van der Waals surface area contributed by atoms with Crippen LogP contribution in [0.3, 0.4) is 0 Å². The molecule has 0 saturated carbocycles. The normalized spacial score (nSPS) is 12.3. The Bertz CT molecular complexity index is 1040. The molecule has 170 valence electrons. The summed E-state index contributed by atoms with van der Waals surface area (Å²) < 4.78 is 37.4. The topological polar surface area (TPSA) is 95.3 Å². The van der Waals surface area contributed by atoms with Crippen LogP contribution in [0.4, 0.5) is 8.78 Å². The van der Waals surface area contributed by atoms with Crippen molar-refractivity contribution in [3.05, 3.63) is 54.1 Å². The number of hydrogen-bond donors (Lipinski definition) is 0. The lowest BCUT2D eigenvalue weighted by atomic mass is 10.1. The molecule has 0 spiro atoms. The van der Waals surface area contributed by atoms with Crippen LogP contribution in [0.1, 0.15) is 36.7 Å². The maximum absolute atomic E-state index is 13.3. The number of halogens is 2. The lowest BCUT2D eigenvalue weighted by Crippen LogP contribution is -2.42. The smallest absolute Gasteiger partial charge is 0.316 e. The van der Waals surface area contributed by atoms with E-state index in [1.807, 2.05) is 13.8 Å². The Kier molecular flexibility index (Phi) is 6.96. The molecule has 0 aliphatic heterocycles. The number of aromatic nitrogens is 5. The SMILES string of the molecule is CCN(C(=O)c1ccc(OC)cc1-n1nccn1)[C@@H](C)COc1ncc(C(C)(F)F)cn1. The molecule has 11 heteroatoms. The molecule has 0 saturated heterocycles. The van der Waals surface area contributed by atoms with Crippen LogP contribution >= 0.6 is 0 Å². The second kappa shape index (κ2) is 9.67. The van der Waals surface area contributed by atoms with E-state index in [0.717, 1.165) is 19.3 Å². The maximum atomic E-state index is 13.3. The van der Waals surface area contributed by atoms with E-state index in [1.165, 1.54) is 24.3 Å². The fraction of sp³-hybridized carbons (Fsp3) is 0.381. The molecule has 0 unspecified atom stereocenters. The average Bonchev–Trinajstić information content (AvgIpc) is 3.32. The first kappa shape index (κ1) is 23.0. The van der Waals surface area contributed by atoms with Crippen molar-refractivity contribution in [3.63, 3.8) is 0 Å². The van der Waals surface area contributed by atoms with Crippen LogP contribution in [0.15, 0.2) is 43.0 Å². The van der Waals surface area contributed by atoms with Gasteiger partial charge in [-0.3, -0.25) is 4.79 Å². The van der Waals surface area contributed by atoms with Crippen LogP contribution in [-0.4, -0.2) is 62.1 Å². The number of benzene rings is 1. The Morgan fingerprint density at radius 1 is 1.22 bits per heavy atom. The van der Waals surface area contributed by atoms with Gasteiger partial charge in [0.2, 0.25) is 0 Å². The van der Waals surface area contributed by atoms with Gasteiger partial charge >= 0.3 is 6.01 Å². The average molecular weight is 446 g/mol. The molecule has 0 bridgehead atoms. The highest BCUT2D eigenvalue weighted by Crippen LogP contribution is 2.26. The predicted molar refractivity (Wildman–Crippen MR) is 111 cm³/mol. The molecule has 0 aliphatic rings. The molecule has 3 aromatic rings. The highest BCUT2D eigenvalue weighted by molar-refractivity contribution is 5.98. The zero-order chi connectivity index (χ0) is 23.3. The van der Waals surface area contributed by atoms with E-state index in [0.29, 0.717) is 23.5 Å². The minimum Gasteiger partial charge on any atom is -0.497 e. The molecule has 2 aromatic heterocycles. The molecule has 1 amide bonds. The zero-order valence-corrected chi connectivity index (χ0v) is 18.2. The van der Waals surface area contributed by atoms with Crippen molar-refractivity contribution >= 4 is 5.91 Å². The van der Waals surface area contributed by atoms with Gasteiger partial charge in [-0.05, 0) is 26.0 Å². The van der Waals surface area contributed by atoms with Gasteiger partial charge in [-0.2, -0.15) is 15.0 Å². The Balaban J connectivity index is 1.76. The molecule has 0 N–H and O–H groups in total. The summed E-state index contributed by atoms with van der Waals surface area (Å²) >= 11 is 0. The summed E-state index contributed by atoms with van der Waals surface area (Å²) in [6.07, 6.45) is 5.08. The summed E-state index contributed by atoms with van der Waals surface area (Å²) in [6, 6.07) is 4.63. The highest BCUT2D eigenvalue weighted by Gasteiger charge is 2.26. The van der Waals surface area contributed by atoms with E-state index in [4.69, 9.17) is 9.47 Å². The summed E-state index contributed by atoms with van der Waals surface area (Å²) in [5, 5.41) is 8.24. The fourth-order valence-electron chi connectivity index (χ4n) is 3.04. The molecular formula is C21H24F2N6O3. The molecule has 0 aliphatic carbocycles. The lowest BCUT2D eigenvalue weighted by Gasteiger charge is -2.28. The summed E-state index contributed by atoms with van der Waals surface area (Å²) in [7, 11) is 1.53. The molecule has 2 heterocycles. The minimum atomic E-state index is -3.03. The van der Waals surface area contributed by atoms with Crippen LogP contribution in [0, 0.1) is 0 Å². The largest absolute Gasteiger partial charge is 0.497 e. The van der Waals surface area contributed by atoms with Crippen molar-refractivity contribution < 1.29 is 23.0 Å². The molecule has 1 aromatic carbocycles. The summed E-state index contributed by atoms with van der Waals surface area (Å²) in [5.74, 6) is -2.72. The molecule has 0 radical (unpaired) electrons. The van der Waals surface area contributed by atoms with Crippen LogP contribution in [0.5, 0.6) is 11.8 Å². The fourth-order valence-corrected chi connectivity index (χ4v) is 3.04. The Hall–Kier alpha value is -3.63. The standard InChI is InChI=1S/C21H24F2N6O3/c1-5-28(14(2)13-32-20-24-11-15(12-25-20)21(3,22)23)19(30)17-7-6-16(31-4)10-18(17)29-26-8-9-27-29/h6-12,14H,5,13H2,1-4H3/t14-/m0/s1. The second-order valence-corrected chi connectivity index (χ2v) is 7.10. The Labute approximate surface area is 184 Å². The molecule has 32 heavy (non-hydrogen) atoms. The predicted octanol–water partition coefficient (Wildman–Crippen LogP) is 3.11. The first-order chi connectivity index (χ1) is 15.2. The number of nitrogens with zero attached hydrogens (tertiary/aromatic N) is 6. The number of hydrogen-bond acceptors (Lipinski definition) is 7. The highest BCUT2D eigenvalue weighted by atomic mass is 19.3. The molecule has 3 rings (SSSR count). The van der Waals surface area contributed by atoms with Gasteiger partial charge in [0, 0.05) is 31.9 Å². The van der Waals surface area contributed by atoms with Crippen LogP contribution in [-0.2, 0) is 5.92 Å². The van der Waals surface area contributed by atoms with Crippen molar-refractivity contribution in [2.45, 2.75) is 32.7 Å². The van der Waals surface area contributed by atoms with E-state index in [9.17, 15) is 13.6 Å². The van der Waals surface area contributed by atoms with Gasteiger partial charge in [0.1, 0.15) is 18.0 Å². The molecular weight excluding hydrogens is 422 g/mol. The van der Waals surface area contributed by atoms with Crippen molar-refractivity contribution in [1.82, 2.24) is 29.9 Å². The minimum absolute atomic E-state index is 0.0424. The van der Waals surface area contributed by atoms with Crippen LogP contribution < -0.4 is 9.47 Å². The number of carbonyl (C=O) groups excluding carboxylic acids is 1. The third-order valence-electron chi connectivity index (χ3n) is 4.79. The van der Waals surface area contributed by atoms with Crippen molar-refractivity contribution in [2.24, 2.45) is 0 Å². The monoisotopic (exact) mass is 446 g/mol. The van der Waals surface area contributed by atoms with Gasteiger partial charge in [-0.15, -0.1) is 0 Å². The molecule has 1 atom stereocenters. The Morgan fingerprint density at radius 3 is 2.44 bits per heavy atom. The van der Waals surface area contributed by atoms with Crippen molar-refractivity contribution in [2.75, 3.05) is 20.3 Å². The van der Waals surface area contributed by atoms with E-state index in [-0.39, 0.29) is 30.1 Å². The summed E-state index contributed by atoms with van der Waals surface area (Å²) in [4.78, 5) is 24.0. The van der Waals surface area contributed by atoms with Gasteiger partial charge in [-0.25, -0.2) is 18.7 Å². The number of amides is 1. The number of alkyl halides is 2. The second-order valence-electron chi connectivity index (χ2n) is 7.10. The maximum Gasteiger partial charge on any atom is 0.316 e. The van der Waals surface area contributed by atoms with E-state index in [1.54, 1.807) is 23.1 Å². The van der Waals surface area contributed by atoms with Crippen LogP contribution in [0.25, 0.3) is 5.69 Å².